The minimum absolute atomic E-state index is 0.207. The largest absolute Gasteiger partial charge is 0.378 e. The highest BCUT2D eigenvalue weighted by molar-refractivity contribution is 5.19. The van der Waals surface area contributed by atoms with Crippen molar-refractivity contribution in [3.63, 3.8) is 0 Å². The van der Waals surface area contributed by atoms with E-state index in [1.807, 2.05) is 0 Å². The van der Waals surface area contributed by atoms with Crippen molar-refractivity contribution >= 4 is 0 Å². The Bertz CT molecular complexity index is 465. The Morgan fingerprint density at radius 1 is 1.50 bits per heavy atom. The summed E-state index contributed by atoms with van der Waals surface area (Å²) in [5, 5.41) is 0. The van der Waals surface area contributed by atoms with E-state index < -0.39 is 0 Å². The molecule has 1 aromatic rings. The van der Waals surface area contributed by atoms with Gasteiger partial charge in [0.1, 0.15) is 5.82 Å². The molecule has 0 amide bonds. The second kappa shape index (κ2) is 5.73. The fourth-order valence-electron chi connectivity index (χ4n) is 3.33. The zero-order valence-corrected chi connectivity index (χ0v) is 11.3. The lowest BCUT2D eigenvalue weighted by Crippen LogP contribution is -2.45. The van der Waals surface area contributed by atoms with E-state index in [9.17, 15) is 4.39 Å². The van der Waals surface area contributed by atoms with Crippen molar-refractivity contribution < 1.29 is 13.9 Å². The maximum absolute atomic E-state index is 13.9. The highest BCUT2D eigenvalue weighted by atomic mass is 19.1. The van der Waals surface area contributed by atoms with Gasteiger partial charge in [0.25, 0.3) is 0 Å². The van der Waals surface area contributed by atoms with Gasteiger partial charge in [-0.2, -0.15) is 0 Å². The second-order valence-corrected chi connectivity index (χ2v) is 5.63. The lowest BCUT2D eigenvalue weighted by molar-refractivity contribution is -0.103. The summed E-state index contributed by atoms with van der Waals surface area (Å²) in [5.41, 5.74) is 3.14. The average Bonchev–Trinajstić information content (AvgIpc) is 2.90. The molecule has 20 heavy (non-hydrogen) atoms. The molecule has 2 aliphatic heterocycles. The molecule has 0 aromatic carbocycles. The Labute approximate surface area is 117 Å². The summed E-state index contributed by atoms with van der Waals surface area (Å²) in [6, 6.07) is 1.46. The monoisotopic (exact) mass is 281 g/mol. The number of hydrogen-bond acceptors (Lipinski definition) is 5. The van der Waals surface area contributed by atoms with Crippen LogP contribution in [0.3, 0.4) is 0 Å². The van der Waals surface area contributed by atoms with Gasteiger partial charge in [-0.05, 0) is 24.8 Å². The zero-order valence-electron chi connectivity index (χ0n) is 11.3. The van der Waals surface area contributed by atoms with Gasteiger partial charge < -0.3 is 9.47 Å². The van der Waals surface area contributed by atoms with E-state index in [-0.39, 0.29) is 23.4 Å². The van der Waals surface area contributed by atoms with E-state index in [0.29, 0.717) is 18.8 Å². The number of nitrogens with two attached hydrogens (primary N) is 1. The van der Waals surface area contributed by atoms with Gasteiger partial charge in [0.2, 0.25) is 0 Å². The molecule has 5 nitrogen and oxygen atoms in total. The van der Waals surface area contributed by atoms with Crippen molar-refractivity contribution in [1.29, 1.82) is 0 Å². The normalized spacial score (nSPS) is 31.6. The molecule has 2 aliphatic rings. The lowest BCUT2D eigenvalue weighted by atomic mass is 9.79. The van der Waals surface area contributed by atoms with Crippen LogP contribution >= 0.6 is 0 Å². The topological polar surface area (TPSA) is 69.4 Å². The van der Waals surface area contributed by atoms with Crippen molar-refractivity contribution in [3.8, 4) is 0 Å². The first-order valence-corrected chi connectivity index (χ1v) is 7.01. The third-order valence-electron chi connectivity index (χ3n) is 4.39. The van der Waals surface area contributed by atoms with Crippen molar-refractivity contribution in [3.05, 3.63) is 29.8 Å². The third kappa shape index (κ3) is 2.56. The highest BCUT2D eigenvalue weighted by Gasteiger charge is 2.43. The number of nitrogens with one attached hydrogen (secondary N) is 1. The second-order valence-electron chi connectivity index (χ2n) is 5.63. The predicted molar refractivity (Wildman–Crippen MR) is 71.1 cm³/mol. The molecule has 1 spiro atoms. The first-order valence-electron chi connectivity index (χ1n) is 7.01. The van der Waals surface area contributed by atoms with Crippen LogP contribution in [0, 0.1) is 11.7 Å². The third-order valence-corrected chi connectivity index (χ3v) is 4.39. The molecule has 0 bridgehead atoms. The molecule has 0 saturated carbocycles. The fraction of sp³-hybridized carbons (Fsp3) is 0.643. The molecule has 0 aliphatic carbocycles. The lowest BCUT2D eigenvalue weighted by Gasteiger charge is -2.40. The Morgan fingerprint density at radius 2 is 2.40 bits per heavy atom. The molecule has 2 fully saturated rings. The molecule has 3 heterocycles. The molecule has 110 valence electrons. The number of aromatic nitrogens is 1. The van der Waals surface area contributed by atoms with E-state index in [4.69, 9.17) is 15.3 Å². The van der Waals surface area contributed by atoms with E-state index in [2.05, 4.69) is 10.4 Å². The minimum atomic E-state index is -0.321. The maximum atomic E-state index is 13.9. The van der Waals surface area contributed by atoms with Crippen molar-refractivity contribution in [2.45, 2.75) is 30.9 Å². The smallest absolute Gasteiger partial charge is 0.146 e. The first kappa shape index (κ1) is 13.9. The maximum Gasteiger partial charge on any atom is 0.146 e. The fourth-order valence-corrected chi connectivity index (χ4v) is 3.33. The van der Waals surface area contributed by atoms with Crippen molar-refractivity contribution in [2.75, 3.05) is 19.8 Å². The van der Waals surface area contributed by atoms with Crippen LogP contribution in [-0.4, -0.2) is 30.4 Å². The van der Waals surface area contributed by atoms with Gasteiger partial charge in [0.05, 0.1) is 24.4 Å². The zero-order chi connectivity index (χ0) is 14.0. The number of hydrazine groups is 1. The number of rotatable bonds is 3. The molecular weight excluding hydrogens is 261 g/mol. The van der Waals surface area contributed by atoms with Crippen LogP contribution in [0.25, 0.3) is 0 Å². The summed E-state index contributed by atoms with van der Waals surface area (Å²) >= 11 is 0. The summed E-state index contributed by atoms with van der Waals surface area (Å²) in [7, 11) is 0. The van der Waals surface area contributed by atoms with Gasteiger partial charge in [0, 0.05) is 31.4 Å². The minimum Gasteiger partial charge on any atom is -0.378 e. The van der Waals surface area contributed by atoms with Gasteiger partial charge >= 0.3 is 0 Å². The molecule has 1 aromatic heterocycles. The Hall–Kier alpha value is -1.08. The first-order chi connectivity index (χ1) is 9.74. The summed E-state index contributed by atoms with van der Waals surface area (Å²) in [6.07, 6.45) is 5.42. The van der Waals surface area contributed by atoms with Crippen LogP contribution < -0.4 is 11.3 Å². The molecule has 3 unspecified atom stereocenters. The van der Waals surface area contributed by atoms with Crippen LogP contribution in [-0.2, 0) is 9.47 Å². The van der Waals surface area contributed by atoms with Gasteiger partial charge in [-0.3, -0.25) is 16.3 Å². The van der Waals surface area contributed by atoms with Crippen LogP contribution in [0.5, 0.6) is 0 Å². The summed E-state index contributed by atoms with van der Waals surface area (Å²) in [4.78, 5) is 3.79. The number of nitrogens with zero attached hydrogens (tertiary/aromatic N) is 1. The van der Waals surface area contributed by atoms with E-state index in [1.165, 1.54) is 6.20 Å². The average molecular weight is 281 g/mol. The molecule has 3 atom stereocenters. The summed E-state index contributed by atoms with van der Waals surface area (Å²) in [5.74, 6) is 5.59. The van der Waals surface area contributed by atoms with Gasteiger partial charge in [-0.25, -0.2) is 4.39 Å². The predicted octanol–water partition coefficient (Wildman–Crippen LogP) is 1.31. The molecule has 6 heteroatoms. The highest BCUT2D eigenvalue weighted by Crippen LogP contribution is 2.41. The van der Waals surface area contributed by atoms with Gasteiger partial charge in [-0.1, -0.05) is 0 Å². The molecule has 0 radical (unpaired) electrons. The Balaban J connectivity index is 1.81. The standard InChI is InChI=1S/C14H20FN3O2/c15-12-8-17-4-1-11(12)13(18-16)10-2-5-20-14(7-10)3-6-19-9-14/h1,4,8,10,13,18H,2-3,5-7,9,16H2. The SMILES string of the molecule is NNC(c1ccncc1F)C1CCOC2(CCOC2)C1. The quantitative estimate of drug-likeness (QED) is 0.646. The summed E-state index contributed by atoms with van der Waals surface area (Å²) in [6.45, 7) is 2.02. The molecular formula is C14H20FN3O2. The van der Waals surface area contributed by atoms with E-state index >= 15 is 0 Å². The van der Waals surface area contributed by atoms with Gasteiger partial charge in [0.15, 0.2) is 0 Å². The Morgan fingerprint density at radius 3 is 3.10 bits per heavy atom. The summed E-state index contributed by atoms with van der Waals surface area (Å²) < 4.78 is 25.3. The van der Waals surface area contributed by atoms with Crippen molar-refractivity contribution in [2.24, 2.45) is 11.8 Å². The van der Waals surface area contributed by atoms with Crippen LogP contribution in [0.15, 0.2) is 18.5 Å². The van der Waals surface area contributed by atoms with E-state index in [0.717, 1.165) is 25.9 Å². The van der Waals surface area contributed by atoms with Crippen molar-refractivity contribution in [1.82, 2.24) is 10.4 Å². The number of ether oxygens (including phenoxy) is 2. The molecule has 3 rings (SSSR count). The number of pyridine rings is 1. The van der Waals surface area contributed by atoms with E-state index in [1.54, 1.807) is 12.3 Å². The van der Waals surface area contributed by atoms with Crippen LogP contribution in [0.4, 0.5) is 4.39 Å². The van der Waals surface area contributed by atoms with Crippen LogP contribution in [0.2, 0.25) is 0 Å². The van der Waals surface area contributed by atoms with Gasteiger partial charge in [-0.15, -0.1) is 0 Å². The van der Waals surface area contributed by atoms with Crippen LogP contribution in [0.1, 0.15) is 30.9 Å². The molecule has 2 saturated heterocycles. The Kier molecular flexibility index (Phi) is 3.98. The molecule has 3 N–H and O–H groups in total. The number of hydrogen-bond donors (Lipinski definition) is 2. The number of halogens is 1.